The summed E-state index contributed by atoms with van der Waals surface area (Å²) in [6.07, 6.45) is -5.09. The second kappa shape index (κ2) is 8.97. The quantitative estimate of drug-likeness (QED) is 0.788. The normalized spacial score (nSPS) is 27.0. The average molecular weight is 386 g/mol. The molecular weight excluding hydrogens is 364 g/mol. The molecule has 0 saturated carbocycles. The number of carbonyl (C=O) groups is 2. The molecule has 148 valence electrons. The van der Waals surface area contributed by atoms with Gasteiger partial charge in [0.05, 0.1) is 17.2 Å². The van der Waals surface area contributed by atoms with Crippen LogP contribution in [0.4, 0.5) is 0 Å². The fourth-order valence-electron chi connectivity index (χ4n) is 3.07. The molecule has 1 aliphatic heterocycles. The first-order valence-corrected chi connectivity index (χ1v) is 8.89. The molecule has 3 rings (SSSR count). The van der Waals surface area contributed by atoms with Gasteiger partial charge in [0.25, 0.3) is 0 Å². The fourth-order valence-corrected chi connectivity index (χ4v) is 3.07. The molecular formula is C21H22O7. The number of methoxy groups -OCH3 is 1. The lowest BCUT2D eigenvalue weighted by Crippen LogP contribution is -2.60. The highest BCUT2D eigenvalue weighted by molar-refractivity contribution is 5.90. The summed E-state index contributed by atoms with van der Waals surface area (Å²) >= 11 is 0. The highest BCUT2D eigenvalue weighted by Crippen LogP contribution is 2.28. The molecule has 1 saturated heterocycles. The van der Waals surface area contributed by atoms with Gasteiger partial charge in [0.2, 0.25) is 0 Å². The summed E-state index contributed by atoms with van der Waals surface area (Å²) in [5.41, 5.74) is 0.682. The number of benzene rings is 2. The van der Waals surface area contributed by atoms with Crippen LogP contribution in [0.5, 0.6) is 0 Å². The Morgan fingerprint density at radius 1 is 0.821 bits per heavy atom. The minimum absolute atomic E-state index is 0.333. The topological polar surface area (TPSA) is 91.3 Å². The van der Waals surface area contributed by atoms with Crippen LogP contribution in [-0.2, 0) is 18.9 Å². The van der Waals surface area contributed by atoms with Crippen LogP contribution in [0.25, 0.3) is 0 Å². The van der Waals surface area contributed by atoms with Gasteiger partial charge in [-0.25, -0.2) is 9.59 Å². The predicted octanol–water partition coefficient (Wildman–Crippen LogP) is 2.19. The highest BCUT2D eigenvalue weighted by atomic mass is 16.7. The van der Waals surface area contributed by atoms with Gasteiger partial charge in [0.15, 0.2) is 18.5 Å². The first kappa shape index (κ1) is 20.0. The second-order valence-corrected chi connectivity index (χ2v) is 6.40. The smallest absolute Gasteiger partial charge is 0.338 e. The number of hydrogen-bond donors (Lipinski definition) is 1. The third kappa shape index (κ3) is 4.39. The molecule has 7 heteroatoms. The van der Waals surface area contributed by atoms with E-state index in [9.17, 15) is 14.7 Å². The van der Waals surface area contributed by atoms with E-state index in [0.29, 0.717) is 11.1 Å². The van der Waals surface area contributed by atoms with Crippen molar-refractivity contribution in [3.05, 3.63) is 71.8 Å². The maximum Gasteiger partial charge on any atom is 0.338 e. The Labute approximate surface area is 162 Å². The molecule has 0 bridgehead atoms. The number of carbonyl (C=O) groups excluding carboxylic acids is 2. The molecule has 0 amide bonds. The van der Waals surface area contributed by atoms with E-state index in [1.165, 1.54) is 7.11 Å². The summed E-state index contributed by atoms with van der Waals surface area (Å²) in [6.45, 7) is 1.63. The standard InChI is InChI=1S/C21H22O7/c1-13-16(27-19(22)14-9-5-3-6-10-14)17(18(25-2)21(24)26-13)28-20(23)15-11-7-4-8-12-15/h3-13,16-18,21,24H,1-2H3/t13-,16-,17+,18+,21?/m0/s1. The summed E-state index contributed by atoms with van der Waals surface area (Å²) in [6, 6.07) is 16.8. The van der Waals surface area contributed by atoms with E-state index in [1.54, 1.807) is 67.6 Å². The fraction of sp³-hybridized carbons (Fsp3) is 0.333. The van der Waals surface area contributed by atoms with E-state index in [4.69, 9.17) is 18.9 Å². The van der Waals surface area contributed by atoms with Gasteiger partial charge < -0.3 is 24.1 Å². The van der Waals surface area contributed by atoms with Gasteiger partial charge in [0.1, 0.15) is 6.10 Å². The van der Waals surface area contributed by atoms with E-state index in [2.05, 4.69) is 0 Å². The summed E-state index contributed by atoms with van der Waals surface area (Å²) < 4.78 is 21.9. The molecule has 5 atom stereocenters. The van der Waals surface area contributed by atoms with Crippen LogP contribution >= 0.6 is 0 Å². The monoisotopic (exact) mass is 386 g/mol. The zero-order valence-electron chi connectivity index (χ0n) is 15.6. The molecule has 0 aliphatic carbocycles. The Morgan fingerprint density at radius 3 is 1.75 bits per heavy atom. The molecule has 1 N–H and O–H groups in total. The predicted molar refractivity (Wildman–Crippen MR) is 98.6 cm³/mol. The molecule has 1 fully saturated rings. The van der Waals surface area contributed by atoms with Gasteiger partial charge in [-0.15, -0.1) is 0 Å². The van der Waals surface area contributed by atoms with Crippen LogP contribution in [0, 0.1) is 0 Å². The van der Waals surface area contributed by atoms with Crippen LogP contribution in [-0.4, -0.2) is 54.9 Å². The van der Waals surface area contributed by atoms with Crippen LogP contribution in [0.3, 0.4) is 0 Å². The van der Waals surface area contributed by atoms with Gasteiger partial charge in [-0.3, -0.25) is 0 Å². The number of esters is 2. The van der Waals surface area contributed by atoms with Gasteiger partial charge in [-0.1, -0.05) is 36.4 Å². The Balaban J connectivity index is 1.83. The van der Waals surface area contributed by atoms with Gasteiger partial charge in [0, 0.05) is 7.11 Å². The zero-order valence-corrected chi connectivity index (χ0v) is 15.6. The molecule has 1 heterocycles. The molecule has 0 spiro atoms. The van der Waals surface area contributed by atoms with E-state index >= 15 is 0 Å². The van der Waals surface area contributed by atoms with Gasteiger partial charge >= 0.3 is 11.9 Å². The maximum atomic E-state index is 12.5. The van der Waals surface area contributed by atoms with Crippen molar-refractivity contribution < 1.29 is 33.6 Å². The van der Waals surface area contributed by atoms with E-state index < -0.39 is 42.6 Å². The molecule has 0 radical (unpaired) electrons. The summed E-state index contributed by atoms with van der Waals surface area (Å²) in [5, 5.41) is 10.2. The minimum Gasteiger partial charge on any atom is -0.452 e. The second-order valence-electron chi connectivity index (χ2n) is 6.40. The van der Waals surface area contributed by atoms with Crippen molar-refractivity contribution in [1.82, 2.24) is 0 Å². The van der Waals surface area contributed by atoms with Crippen molar-refractivity contribution in [3.63, 3.8) is 0 Å². The van der Waals surface area contributed by atoms with E-state index in [-0.39, 0.29) is 0 Å². The average Bonchev–Trinajstić information content (AvgIpc) is 2.72. The summed E-state index contributed by atoms with van der Waals surface area (Å²) in [5.74, 6) is -1.21. The van der Waals surface area contributed by atoms with Crippen molar-refractivity contribution >= 4 is 11.9 Å². The first-order chi connectivity index (χ1) is 13.5. The largest absolute Gasteiger partial charge is 0.452 e. The highest BCUT2D eigenvalue weighted by Gasteiger charge is 2.48. The van der Waals surface area contributed by atoms with Crippen molar-refractivity contribution in [2.75, 3.05) is 7.11 Å². The number of aliphatic hydroxyl groups excluding tert-OH is 1. The number of hydrogen-bond acceptors (Lipinski definition) is 7. The molecule has 2 aromatic rings. The Morgan fingerprint density at radius 2 is 1.29 bits per heavy atom. The number of ether oxygens (including phenoxy) is 4. The Bertz CT molecular complexity index is 793. The van der Waals surface area contributed by atoms with E-state index in [0.717, 1.165) is 0 Å². The Kier molecular flexibility index (Phi) is 6.41. The van der Waals surface area contributed by atoms with Gasteiger partial charge in [-0.05, 0) is 31.2 Å². The summed E-state index contributed by atoms with van der Waals surface area (Å²) in [7, 11) is 1.35. The van der Waals surface area contributed by atoms with Crippen LogP contribution < -0.4 is 0 Å². The molecule has 1 unspecified atom stereocenters. The lowest BCUT2D eigenvalue weighted by atomic mass is 9.98. The zero-order chi connectivity index (χ0) is 20.1. The third-order valence-corrected chi connectivity index (χ3v) is 4.52. The minimum atomic E-state index is -1.33. The van der Waals surface area contributed by atoms with Crippen molar-refractivity contribution in [2.24, 2.45) is 0 Å². The van der Waals surface area contributed by atoms with Crippen molar-refractivity contribution in [3.8, 4) is 0 Å². The number of rotatable bonds is 5. The molecule has 2 aromatic carbocycles. The lowest BCUT2D eigenvalue weighted by molar-refractivity contribution is -0.281. The first-order valence-electron chi connectivity index (χ1n) is 8.89. The molecule has 28 heavy (non-hydrogen) atoms. The Hall–Kier alpha value is -2.74. The molecule has 1 aliphatic rings. The molecule has 7 nitrogen and oxygen atoms in total. The lowest BCUT2D eigenvalue weighted by Gasteiger charge is -2.42. The van der Waals surface area contributed by atoms with Gasteiger partial charge in [-0.2, -0.15) is 0 Å². The van der Waals surface area contributed by atoms with E-state index in [1.807, 2.05) is 0 Å². The van der Waals surface area contributed by atoms with Crippen LogP contribution in [0.2, 0.25) is 0 Å². The SMILES string of the molecule is CO[C@H]1C(O)O[C@@H](C)[C@H](OC(=O)c2ccccc2)[C@H]1OC(=O)c1ccccc1. The number of aliphatic hydroxyl groups is 1. The van der Waals surface area contributed by atoms with Crippen molar-refractivity contribution in [1.29, 1.82) is 0 Å². The maximum absolute atomic E-state index is 12.5. The summed E-state index contributed by atoms with van der Waals surface area (Å²) in [4.78, 5) is 25.1. The van der Waals surface area contributed by atoms with Crippen LogP contribution in [0.1, 0.15) is 27.6 Å². The van der Waals surface area contributed by atoms with Crippen molar-refractivity contribution in [2.45, 2.75) is 37.6 Å². The third-order valence-electron chi connectivity index (χ3n) is 4.52. The molecule has 0 aromatic heterocycles. The van der Waals surface area contributed by atoms with Crippen LogP contribution in [0.15, 0.2) is 60.7 Å².